The van der Waals surface area contributed by atoms with E-state index in [1.165, 1.54) is 28.0 Å². The van der Waals surface area contributed by atoms with Gasteiger partial charge in [0, 0.05) is 25.5 Å². The molecule has 1 aliphatic rings. The molecule has 3 rings (SSSR count). The highest BCUT2D eigenvalue weighted by molar-refractivity contribution is 7.80. The van der Waals surface area contributed by atoms with Crippen molar-refractivity contribution in [2.45, 2.75) is 26.1 Å². The molecule has 0 saturated heterocycles. The molecule has 0 saturated carbocycles. The van der Waals surface area contributed by atoms with E-state index in [0.717, 1.165) is 12.1 Å². The van der Waals surface area contributed by atoms with Crippen LogP contribution >= 0.6 is 12.2 Å². The van der Waals surface area contributed by atoms with Gasteiger partial charge in [0.25, 0.3) is 5.91 Å². The van der Waals surface area contributed by atoms with Crippen molar-refractivity contribution in [3.8, 4) is 11.5 Å². The van der Waals surface area contributed by atoms with Crippen LogP contribution < -0.4 is 15.0 Å². The minimum Gasteiger partial charge on any atom is -0.504 e. The van der Waals surface area contributed by atoms with Crippen LogP contribution in [0.3, 0.4) is 0 Å². The number of likely N-dealkylation sites (N-methyl/N-ethyl adjacent to an activating group) is 1. The Morgan fingerprint density at radius 3 is 2.55 bits per heavy atom. The number of anilines is 1. The lowest BCUT2D eigenvalue weighted by molar-refractivity contribution is -0.137. The van der Waals surface area contributed by atoms with Crippen LogP contribution in [-0.4, -0.2) is 41.7 Å². The van der Waals surface area contributed by atoms with Crippen LogP contribution in [0.2, 0.25) is 0 Å². The molecule has 10 heteroatoms. The second-order valence-corrected chi connectivity index (χ2v) is 8.01. The fourth-order valence-corrected chi connectivity index (χ4v) is 3.98. The van der Waals surface area contributed by atoms with Gasteiger partial charge >= 0.3 is 6.18 Å². The Bertz CT molecular complexity index is 1120. The normalized spacial score (nSPS) is 16.5. The number of benzene rings is 2. The summed E-state index contributed by atoms with van der Waals surface area (Å²) >= 11 is 5.51. The van der Waals surface area contributed by atoms with Gasteiger partial charge in [0.05, 0.1) is 23.8 Å². The zero-order chi connectivity index (χ0) is 24.5. The first-order chi connectivity index (χ1) is 15.5. The van der Waals surface area contributed by atoms with E-state index >= 15 is 0 Å². The Morgan fingerprint density at radius 1 is 1.24 bits per heavy atom. The second kappa shape index (κ2) is 9.30. The molecule has 1 atom stereocenters. The summed E-state index contributed by atoms with van der Waals surface area (Å²) in [4.78, 5) is 16.0. The fourth-order valence-electron chi connectivity index (χ4n) is 3.62. The maximum absolute atomic E-state index is 13.3. The summed E-state index contributed by atoms with van der Waals surface area (Å²) in [6, 6.07) is 8.75. The molecule has 0 bridgehead atoms. The van der Waals surface area contributed by atoms with E-state index in [9.17, 15) is 23.1 Å². The highest BCUT2D eigenvalue weighted by atomic mass is 32.1. The van der Waals surface area contributed by atoms with Gasteiger partial charge in [-0.25, -0.2) is 0 Å². The number of allylic oxidation sites excluding steroid dienone is 1. The van der Waals surface area contributed by atoms with Gasteiger partial charge in [-0.05, 0) is 62.0 Å². The standard InChI is InChI=1S/C23H24F3N3O3S/c1-5-32-18-11-14(9-10-17(18)30)20-19(21(31)28(3)4)13(2)29(22(33)27-20)16-8-6-7-15(12-16)23(24,25)26/h6-12,20,30H,5H2,1-4H3,(H,27,33). The summed E-state index contributed by atoms with van der Waals surface area (Å²) < 4.78 is 45.3. The SMILES string of the molecule is CCOc1cc(C2NC(=S)N(c3cccc(C(F)(F)F)c3)C(C)=C2C(=O)N(C)C)ccc1O. The molecule has 2 aromatic carbocycles. The van der Waals surface area contributed by atoms with Gasteiger partial charge in [-0.3, -0.25) is 9.69 Å². The molecular weight excluding hydrogens is 455 g/mol. The number of ether oxygens (including phenoxy) is 1. The van der Waals surface area contributed by atoms with Gasteiger partial charge in [0.15, 0.2) is 16.6 Å². The van der Waals surface area contributed by atoms with E-state index in [-0.39, 0.29) is 28.2 Å². The van der Waals surface area contributed by atoms with Crippen LogP contribution in [0, 0.1) is 0 Å². The molecule has 0 fully saturated rings. The number of rotatable bonds is 5. The fraction of sp³-hybridized carbons (Fsp3) is 0.304. The smallest absolute Gasteiger partial charge is 0.416 e. The Labute approximate surface area is 195 Å². The number of thiocarbonyl (C=S) groups is 1. The van der Waals surface area contributed by atoms with Crippen molar-refractivity contribution < 1.29 is 27.8 Å². The van der Waals surface area contributed by atoms with Crippen molar-refractivity contribution in [3.63, 3.8) is 0 Å². The molecule has 0 spiro atoms. The number of nitrogens with one attached hydrogen (secondary N) is 1. The number of hydrogen-bond donors (Lipinski definition) is 2. The van der Waals surface area contributed by atoms with Gasteiger partial charge in [0.1, 0.15) is 0 Å². The Morgan fingerprint density at radius 2 is 1.94 bits per heavy atom. The largest absolute Gasteiger partial charge is 0.504 e. The summed E-state index contributed by atoms with van der Waals surface area (Å²) in [7, 11) is 3.17. The lowest BCUT2D eigenvalue weighted by Crippen LogP contribution is -2.49. The Hall–Kier alpha value is -3.27. The predicted molar refractivity (Wildman–Crippen MR) is 123 cm³/mol. The van der Waals surface area contributed by atoms with E-state index in [1.807, 2.05) is 0 Å². The van der Waals surface area contributed by atoms with Gasteiger partial charge in [-0.1, -0.05) is 12.1 Å². The first-order valence-electron chi connectivity index (χ1n) is 10.1. The average Bonchev–Trinajstić information content (AvgIpc) is 2.74. The predicted octanol–water partition coefficient (Wildman–Crippen LogP) is 4.61. The molecule has 1 aliphatic heterocycles. The number of hydrogen-bond acceptors (Lipinski definition) is 4. The molecular formula is C23H24F3N3O3S. The number of halogens is 3. The van der Waals surface area contributed by atoms with Gasteiger partial charge in [-0.15, -0.1) is 0 Å². The number of nitrogens with zero attached hydrogens (tertiary/aromatic N) is 2. The van der Waals surface area contributed by atoms with Crippen LogP contribution in [0.1, 0.15) is 31.0 Å². The Balaban J connectivity index is 2.17. The molecule has 176 valence electrons. The molecule has 0 aliphatic carbocycles. The second-order valence-electron chi connectivity index (χ2n) is 7.62. The molecule has 1 unspecified atom stereocenters. The average molecular weight is 480 g/mol. The van der Waals surface area contributed by atoms with Gasteiger partial charge in [-0.2, -0.15) is 13.2 Å². The van der Waals surface area contributed by atoms with Crippen LogP contribution in [-0.2, 0) is 11.0 Å². The third-order valence-electron chi connectivity index (χ3n) is 5.17. The lowest BCUT2D eigenvalue weighted by Gasteiger charge is -2.38. The molecule has 33 heavy (non-hydrogen) atoms. The summed E-state index contributed by atoms with van der Waals surface area (Å²) in [6.45, 7) is 3.74. The van der Waals surface area contributed by atoms with E-state index < -0.39 is 17.8 Å². The number of carbonyl (C=O) groups is 1. The number of carbonyl (C=O) groups excluding carboxylic acids is 1. The summed E-state index contributed by atoms with van der Waals surface area (Å²) in [6.07, 6.45) is -4.52. The first kappa shape index (κ1) is 24.4. The maximum atomic E-state index is 13.3. The molecule has 0 radical (unpaired) electrons. The maximum Gasteiger partial charge on any atom is 0.416 e. The molecule has 0 aromatic heterocycles. The van der Waals surface area contributed by atoms with Crippen molar-refractivity contribution in [2.75, 3.05) is 25.6 Å². The zero-order valence-electron chi connectivity index (χ0n) is 18.5. The van der Waals surface area contributed by atoms with E-state index in [4.69, 9.17) is 17.0 Å². The number of amides is 1. The zero-order valence-corrected chi connectivity index (χ0v) is 19.3. The first-order valence-corrected chi connectivity index (χ1v) is 10.5. The topological polar surface area (TPSA) is 65.0 Å². The minimum atomic E-state index is -4.52. The quantitative estimate of drug-likeness (QED) is 0.611. The van der Waals surface area contributed by atoms with Crippen LogP contribution in [0.15, 0.2) is 53.7 Å². The van der Waals surface area contributed by atoms with Crippen molar-refractivity contribution >= 4 is 28.9 Å². The molecule has 1 amide bonds. The summed E-state index contributed by atoms with van der Waals surface area (Å²) in [5.41, 5.74) is 0.667. The molecule has 1 heterocycles. The summed E-state index contributed by atoms with van der Waals surface area (Å²) in [5.74, 6) is -0.140. The monoisotopic (exact) mass is 479 g/mol. The number of phenolic OH excluding ortho intramolecular Hbond substituents is 1. The number of alkyl halides is 3. The third kappa shape index (κ3) is 4.90. The number of aromatic hydroxyl groups is 1. The van der Waals surface area contributed by atoms with E-state index in [2.05, 4.69) is 5.32 Å². The summed E-state index contributed by atoms with van der Waals surface area (Å²) in [5, 5.41) is 13.3. The minimum absolute atomic E-state index is 0.0502. The van der Waals surface area contributed by atoms with Crippen LogP contribution in [0.4, 0.5) is 18.9 Å². The Kier molecular flexibility index (Phi) is 6.87. The van der Waals surface area contributed by atoms with Gasteiger partial charge < -0.3 is 20.1 Å². The highest BCUT2D eigenvalue weighted by Gasteiger charge is 2.37. The van der Waals surface area contributed by atoms with E-state index in [0.29, 0.717) is 23.4 Å². The molecule has 2 N–H and O–H groups in total. The highest BCUT2D eigenvalue weighted by Crippen LogP contribution is 2.39. The molecule has 6 nitrogen and oxygen atoms in total. The van der Waals surface area contributed by atoms with E-state index in [1.54, 1.807) is 40.1 Å². The van der Waals surface area contributed by atoms with Crippen LogP contribution in [0.25, 0.3) is 0 Å². The van der Waals surface area contributed by atoms with Crippen molar-refractivity contribution in [3.05, 3.63) is 64.9 Å². The lowest BCUT2D eigenvalue weighted by atomic mass is 9.93. The molecule has 2 aromatic rings. The van der Waals surface area contributed by atoms with Gasteiger partial charge in [0.2, 0.25) is 0 Å². The third-order valence-corrected chi connectivity index (χ3v) is 5.47. The number of phenols is 1. The van der Waals surface area contributed by atoms with Crippen molar-refractivity contribution in [2.24, 2.45) is 0 Å². The van der Waals surface area contributed by atoms with Crippen LogP contribution in [0.5, 0.6) is 11.5 Å². The van der Waals surface area contributed by atoms with Crippen molar-refractivity contribution in [1.82, 2.24) is 10.2 Å². The van der Waals surface area contributed by atoms with Crippen molar-refractivity contribution in [1.29, 1.82) is 0 Å².